The Hall–Kier alpha value is -2.38. The van der Waals surface area contributed by atoms with Gasteiger partial charge in [-0.1, -0.05) is 0 Å². The van der Waals surface area contributed by atoms with Crippen molar-refractivity contribution in [1.82, 2.24) is 15.2 Å². The van der Waals surface area contributed by atoms with Gasteiger partial charge in [0.15, 0.2) is 5.75 Å². The lowest BCUT2D eigenvalue weighted by Crippen LogP contribution is -2.36. The molecule has 2 rings (SSSR count). The van der Waals surface area contributed by atoms with Gasteiger partial charge in [0.05, 0.1) is 6.54 Å². The highest BCUT2D eigenvalue weighted by Gasteiger charge is 2.31. The molecule has 2 amide bonds. The largest absolute Gasteiger partial charge is 0.484 e. The van der Waals surface area contributed by atoms with E-state index in [2.05, 4.69) is 10.3 Å². The summed E-state index contributed by atoms with van der Waals surface area (Å²) >= 11 is 0. The van der Waals surface area contributed by atoms with Crippen LogP contribution >= 0.6 is 0 Å². The number of aromatic nitrogens is 1. The fraction of sp³-hybridized carbons (Fsp3) is 0.562. The second-order valence-electron chi connectivity index (χ2n) is 6.52. The smallest absolute Gasteiger partial charge is 0.410 e. The predicted octanol–water partition coefficient (Wildman–Crippen LogP) is 1.97. The van der Waals surface area contributed by atoms with E-state index in [0.29, 0.717) is 19.5 Å². The van der Waals surface area contributed by atoms with E-state index >= 15 is 0 Å². The molecule has 0 bridgehead atoms. The highest BCUT2D eigenvalue weighted by molar-refractivity contribution is 5.92. The third-order valence-corrected chi connectivity index (χ3v) is 3.36. The van der Waals surface area contributed by atoms with Gasteiger partial charge in [0.25, 0.3) is 11.9 Å². The van der Waals surface area contributed by atoms with Crippen LogP contribution in [0, 0.1) is 5.95 Å². The van der Waals surface area contributed by atoms with E-state index in [0.717, 1.165) is 0 Å². The monoisotopic (exact) mass is 339 g/mol. The molecule has 0 saturated carbocycles. The normalized spacial score (nSPS) is 17.5. The minimum atomic E-state index is -0.855. The van der Waals surface area contributed by atoms with Crippen LogP contribution in [0.1, 0.15) is 37.7 Å². The Labute approximate surface area is 140 Å². The van der Waals surface area contributed by atoms with Gasteiger partial charge in [-0.15, -0.1) is 0 Å². The topological polar surface area (TPSA) is 80.8 Å². The number of amides is 2. The molecule has 7 nitrogen and oxygen atoms in total. The summed E-state index contributed by atoms with van der Waals surface area (Å²) in [5.74, 6) is -1.37. The van der Waals surface area contributed by atoms with Crippen LogP contribution in [0.15, 0.2) is 12.1 Å². The van der Waals surface area contributed by atoms with Gasteiger partial charge in [0, 0.05) is 20.0 Å². The van der Waals surface area contributed by atoms with Crippen LogP contribution in [-0.4, -0.2) is 53.7 Å². The average molecular weight is 339 g/mol. The molecule has 1 aromatic rings. The van der Waals surface area contributed by atoms with Crippen LogP contribution in [0.3, 0.4) is 0 Å². The number of likely N-dealkylation sites (tertiary alicyclic amines) is 1. The summed E-state index contributed by atoms with van der Waals surface area (Å²) in [5, 5.41) is 2.37. The van der Waals surface area contributed by atoms with E-state index in [1.165, 1.54) is 24.1 Å². The van der Waals surface area contributed by atoms with Gasteiger partial charge in [0.1, 0.15) is 17.4 Å². The van der Waals surface area contributed by atoms with E-state index in [9.17, 15) is 14.0 Å². The summed E-state index contributed by atoms with van der Waals surface area (Å²) < 4.78 is 24.8. The number of nitrogens with zero attached hydrogens (tertiary/aromatic N) is 2. The van der Waals surface area contributed by atoms with Crippen LogP contribution in [0.25, 0.3) is 0 Å². The second kappa shape index (κ2) is 7.02. The molecule has 0 spiro atoms. The summed E-state index contributed by atoms with van der Waals surface area (Å²) in [7, 11) is 1.44. The van der Waals surface area contributed by atoms with Crippen LogP contribution in [-0.2, 0) is 4.74 Å². The Morgan fingerprint density at radius 2 is 2.08 bits per heavy atom. The SMILES string of the molecule is CNC(=O)c1ccc(O[C@@H]2CCN(C(=O)OC(C)(C)C)C2)c(F)n1. The van der Waals surface area contributed by atoms with Gasteiger partial charge in [0.2, 0.25) is 0 Å². The van der Waals surface area contributed by atoms with Crippen LogP contribution in [0.4, 0.5) is 9.18 Å². The zero-order chi connectivity index (χ0) is 17.9. The molecule has 1 atom stereocenters. The van der Waals surface area contributed by atoms with Crippen LogP contribution in [0.5, 0.6) is 5.75 Å². The fourth-order valence-corrected chi connectivity index (χ4v) is 2.26. The maximum atomic E-state index is 14.0. The number of carbonyl (C=O) groups is 2. The van der Waals surface area contributed by atoms with Crippen molar-refractivity contribution in [3.05, 3.63) is 23.8 Å². The van der Waals surface area contributed by atoms with Crippen molar-refractivity contribution < 1.29 is 23.5 Å². The molecular weight excluding hydrogens is 317 g/mol. The Morgan fingerprint density at radius 3 is 2.67 bits per heavy atom. The molecule has 1 saturated heterocycles. The summed E-state index contributed by atoms with van der Waals surface area (Å²) in [6, 6.07) is 2.75. The van der Waals surface area contributed by atoms with E-state index in [-0.39, 0.29) is 17.5 Å². The quantitative estimate of drug-likeness (QED) is 0.852. The molecule has 0 radical (unpaired) electrons. The summed E-state index contributed by atoms with van der Waals surface area (Å²) in [5.41, 5.74) is -0.592. The first-order valence-corrected chi connectivity index (χ1v) is 7.73. The Bertz CT molecular complexity index is 630. The van der Waals surface area contributed by atoms with E-state index in [1.807, 2.05) is 0 Å². The fourth-order valence-electron chi connectivity index (χ4n) is 2.26. The first kappa shape index (κ1) is 18.0. The summed E-state index contributed by atoms with van der Waals surface area (Å²) in [6.45, 7) is 6.18. The van der Waals surface area contributed by atoms with Gasteiger partial charge in [-0.25, -0.2) is 9.78 Å². The average Bonchev–Trinajstić information content (AvgIpc) is 2.95. The molecule has 24 heavy (non-hydrogen) atoms. The maximum Gasteiger partial charge on any atom is 0.410 e. The predicted molar refractivity (Wildman–Crippen MR) is 84.4 cm³/mol. The Morgan fingerprint density at radius 1 is 1.38 bits per heavy atom. The van der Waals surface area contributed by atoms with E-state index in [4.69, 9.17) is 9.47 Å². The molecular formula is C16H22FN3O4. The first-order valence-electron chi connectivity index (χ1n) is 7.73. The van der Waals surface area contributed by atoms with Crippen LogP contribution < -0.4 is 10.1 Å². The second-order valence-corrected chi connectivity index (χ2v) is 6.52. The lowest BCUT2D eigenvalue weighted by Gasteiger charge is -2.24. The third-order valence-electron chi connectivity index (χ3n) is 3.36. The number of halogens is 1. The summed E-state index contributed by atoms with van der Waals surface area (Å²) in [6.07, 6.45) is -0.197. The molecule has 1 fully saturated rings. The highest BCUT2D eigenvalue weighted by Crippen LogP contribution is 2.22. The molecule has 0 aromatic carbocycles. The molecule has 1 aliphatic rings. The standard InChI is InChI=1S/C16H22FN3O4/c1-16(2,3)24-15(22)20-8-7-10(9-20)23-12-6-5-11(14(21)18-4)19-13(12)17/h5-6,10H,7-9H2,1-4H3,(H,18,21)/t10-/m1/s1. The molecule has 132 valence electrons. The molecule has 0 aliphatic carbocycles. The Balaban J connectivity index is 1.96. The highest BCUT2D eigenvalue weighted by atomic mass is 19.1. The molecule has 1 aromatic heterocycles. The van der Waals surface area contributed by atoms with Crippen molar-refractivity contribution >= 4 is 12.0 Å². The number of ether oxygens (including phenoxy) is 2. The van der Waals surface area contributed by atoms with Crippen molar-refractivity contribution in [3.63, 3.8) is 0 Å². The minimum Gasteiger partial charge on any atom is -0.484 e. The zero-order valence-corrected chi connectivity index (χ0v) is 14.3. The first-order chi connectivity index (χ1) is 11.2. The van der Waals surface area contributed by atoms with Crippen molar-refractivity contribution in [2.75, 3.05) is 20.1 Å². The minimum absolute atomic E-state index is 0.0239. The van der Waals surface area contributed by atoms with E-state index < -0.39 is 23.5 Å². The van der Waals surface area contributed by atoms with Gasteiger partial charge in [-0.3, -0.25) is 4.79 Å². The van der Waals surface area contributed by atoms with Crippen molar-refractivity contribution in [2.24, 2.45) is 0 Å². The van der Waals surface area contributed by atoms with Crippen molar-refractivity contribution in [3.8, 4) is 5.75 Å². The molecule has 2 heterocycles. The van der Waals surface area contributed by atoms with Gasteiger partial charge < -0.3 is 19.7 Å². The number of hydrogen-bond donors (Lipinski definition) is 1. The lowest BCUT2D eigenvalue weighted by atomic mass is 10.2. The molecule has 1 aliphatic heterocycles. The lowest BCUT2D eigenvalue weighted by molar-refractivity contribution is 0.0275. The van der Waals surface area contributed by atoms with E-state index in [1.54, 1.807) is 20.8 Å². The van der Waals surface area contributed by atoms with Gasteiger partial charge in [-0.2, -0.15) is 4.39 Å². The number of pyridine rings is 1. The number of carbonyl (C=O) groups excluding carboxylic acids is 2. The number of rotatable bonds is 3. The van der Waals surface area contributed by atoms with Crippen molar-refractivity contribution in [2.45, 2.75) is 38.9 Å². The summed E-state index contributed by atoms with van der Waals surface area (Å²) in [4.78, 5) is 28.5. The Kier molecular flexibility index (Phi) is 5.26. The zero-order valence-electron chi connectivity index (χ0n) is 14.3. The van der Waals surface area contributed by atoms with Crippen LogP contribution in [0.2, 0.25) is 0 Å². The molecule has 1 N–H and O–H groups in total. The van der Waals surface area contributed by atoms with Gasteiger partial charge >= 0.3 is 6.09 Å². The number of hydrogen-bond acceptors (Lipinski definition) is 5. The van der Waals surface area contributed by atoms with Crippen molar-refractivity contribution in [1.29, 1.82) is 0 Å². The number of nitrogens with one attached hydrogen (secondary N) is 1. The third kappa shape index (κ3) is 4.56. The van der Waals surface area contributed by atoms with Gasteiger partial charge in [-0.05, 0) is 32.9 Å². The maximum absolute atomic E-state index is 14.0. The molecule has 8 heteroatoms. The molecule has 0 unspecified atom stereocenters.